The summed E-state index contributed by atoms with van der Waals surface area (Å²) in [5.41, 5.74) is 1.86. The number of ketones is 1. The average molecular weight is 358 g/mol. The van der Waals surface area contributed by atoms with E-state index in [1.807, 2.05) is 0 Å². The monoisotopic (exact) mass is 358 g/mol. The SMILES string of the molecule is CNC(=O)C(C(=O)CO)N(C)C(=O)c1ccc(-c2ccc(F)cc2)cc1. The van der Waals surface area contributed by atoms with E-state index >= 15 is 0 Å². The third-order valence-corrected chi connectivity index (χ3v) is 3.97. The number of aliphatic hydroxyl groups excluding tert-OH is 1. The van der Waals surface area contributed by atoms with Crippen molar-refractivity contribution in [2.24, 2.45) is 0 Å². The molecule has 26 heavy (non-hydrogen) atoms. The van der Waals surface area contributed by atoms with E-state index in [-0.39, 0.29) is 11.4 Å². The minimum atomic E-state index is -1.41. The molecule has 0 bridgehead atoms. The second-order valence-corrected chi connectivity index (χ2v) is 5.64. The van der Waals surface area contributed by atoms with Crippen molar-refractivity contribution in [2.45, 2.75) is 6.04 Å². The van der Waals surface area contributed by atoms with Gasteiger partial charge in [0, 0.05) is 19.7 Å². The van der Waals surface area contributed by atoms with Gasteiger partial charge in [-0.25, -0.2) is 4.39 Å². The molecule has 1 atom stereocenters. The van der Waals surface area contributed by atoms with Gasteiger partial charge in [0.2, 0.25) is 5.91 Å². The number of benzene rings is 2. The largest absolute Gasteiger partial charge is 0.388 e. The van der Waals surface area contributed by atoms with Crippen LogP contribution < -0.4 is 5.32 Å². The number of carbonyl (C=O) groups is 3. The Balaban J connectivity index is 2.24. The van der Waals surface area contributed by atoms with Crippen LogP contribution in [0.15, 0.2) is 48.5 Å². The number of nitrogens with one attached hydrogen (secondary N) is 1. The van der Waals surface area contributed by atoms with Crippen LogP contribution in [0.1, 0.15) is 10.4 Å². The van der Waals surface area contributed by atoms with Crippen LogP contribution in [0.3, 0.4) is 0 Å². The first-order valence-corrected chi connectivity index (χ1v) is 7.87. The zero-order chi connectivity index (χ0) is 19.3. The summed E-state index contributed by atoms with van der Waals surface area (Å²) in [4.78, 5) is 37.3. The second kappa shape index (κ2) is 8.35. The Morgan fingerprint density at radius 3 is 2.00 bits per heavy atom. The fourth-order valence-electron chi connectivity index (χ4n) is 2.53. The summed E-state index contributed by atoms with van der Waals surface area (Å²) in [6, 6.07) is 11.0. The van der Waals surface area contributed by atoms with Crippen LogP contribution in [0.5, 0.6) is 0 Å². The van der Waals surface area contributed by atoms with Gasteiger partial charge >= 0.3 is 0 Å². The maximum Gasteiger partial charge on any atom is 0.254 e. The van der Waals surface area contributed by atoms with E-state index in [1.165, 1.54) is 26.2 Å². The van der Waals surface area contributed by atoms with Gasteiger partial charge in [-0.2, -0.15) is 0 Å². The fraction of sp³-hybridized carbons (Fsp3) is 0.211. The molecule has 0 fully saturated rings. The molecule has 0 aliphatic heterocycles. The summed E-state index contributed by atoms with van der Waals surface area (Å²) < 4.78 is 13.0. The number of nitrogens with zero attached hydrogens (tertiary/aromatic N) is 1. The van der Waals surface area contributed by atoms with Gasteiger partial charge in [0.15, 0.2) is 11.8 Å². The van der Waals surface area contributed by atoms with Crippen molar-refractivity contribution in [1.29, 1.82) is 0 Å². The van der Waals surface area contributed by atoms with Crippen molar-refractivity contribution < 1.29 is 23.9 Å². The van der Waals surface area contributed by atoms with Crippen LogP contribution in [0.4, 0.5) is 4.39 Å². The molecule has 0 saturated carbocycles. The first-order chi connectivity index (χ1) is 12.4. The summed E-state index contributed by atoms with van der Waals surface area (Å²) in [6.45, 7) is -0.848. The van der Waals surface area contributed by atoms with E-state index in [1.54, 1.807) is 36.4 Å². The van der Waals surface area contributed by atoms with Gasteiger partial charge < -0.3 is 15.3 Å². The third-order valence-electron chi connectivity index (χ3n) is 3.97. The van der Waals surface area contributed by atoms with E-state index in [2.05, 4.69) is 5.32 Å². The Morgan fingerprint density at radius 2 is 1.54 bits per heavy atom. The molecule has 2 aromatic carbocycles. The molecule has 0 aliphatic carbocycles. The van der Waals surface area contributed by atoms with Crippen LogP contribution >= 0.6 is 0 Å². The standard InChI is InChI=1S/C19H19FN2O4/c1-21-18(25)17(16(24)11-23)22(2)19(26)14-5-3-12(4-6-14)13-7-9-15(20)10-8-13/h3-10,17,23H,11H2,1-2H3,(H,21,25). The lowest BCUT2D eigenvalue weighted by Gasteiger charge is -2.25. The number of aliphatic hydroxyl groups is 1. The zero-order valence-corrected chi connectivity index (χ0v) is 14.4. The minimum Gasteiger partial charge on any atom is -0.388 e. The Labute approximate surface area is 150 Å². The summed E-state index contributed by atoms with van der Waals surface area (Å²) in [7, 11) is 2.67. The highest BCUT2D eigenvalue weighted by molar-refractivity contribution is 6.10. The number of hydrogen-bond donors (Lipinski definition) is 2. The van der Waals surface area contributed by atoms with E-state index < -0.39 is 30.2 Å². The van der Waals surface area contributed by atoms with Gasteiger partial charge in [0.1, 0.15) is 12.4 Å². The van der Waals surface area contributed by atoms with Crippen LogP contribution in [-0.4, -0.2) is 54.3 Å². The Morgan fingerprint density at radius 1 is 1.04 bits per heavy atom. The number of carbonyl (C=O) groups excluding carboxylic acids is 3. The van der Waals surface area contributed by atoms with Crippen molar-refractivity contribution >= 4 is 17.6 Å². The number of likely N-dealkylation sites (N-methyl/N-ethyl adjacent to an activating group) is 2. The molecule has 0 heterocycles. The van der Waals surface area contributed by atoms with Crippen LogP contribution in [0.25, 0.3) is 11.1 Å². The lowest BCUT2D eigenvalue weighted by Crippen LogP contribution is -2.52. The zero-order valence-electron chi connectivity index (χ0n) is 14.4. The normalized spacial score (nSPS) is 11.5. The first-order valence-electron chi connectivity index (χ1n) is 7.87. The molecule has 0 saturated heterocycles. The highest BCUT2D eigenvalue weighted by atomic mass is 19.1. The van der Waals surface area contributed by atoms with E-state index in [0.717, 1.165) is 16.0 Å². The molecule has 0 radical (unpaired) electrons. The number of halogens is 1. The summed E-state index contributed by atoms with van der Waals surface area (Å²) in [6.07, 6.45) is 0. The topological polar surface area (TPSA) is 86.7 Å². The summed E-state index contributed by atoms with van der Waals surface area (Å²) in [5, 5.41) is 11.3. The highest BCUT2D eigenvalue weighted by Crippen LogP contribution is 2.21. The number of Topliss-reactive ketones (excluding diaryl/α,β-unsaturated/α-hetero) is 1. The minimum absolute atomic E-state index is 0.276. The van der Waals surface area contributed by atoms with Crippen molar-refractivity contribution in [1.82, 2.24) is 10.2 Å². The van der Waals surface area contributed by atoms with Gasteiger partial charge in [-0.3, -0.25) is 14.4 Å². The summed E-state index contributed by atoms with van der Waals surface area (Å²) in [5.74, 6) is -2.33. The maximum absolute atomic E-state index is 13.0. The van der Waals surface area contributed by atoms with Gasteiger partial charge in [-0.1, -0.05) is 24.3 Å². The Kier molecular flexibility index (Phi) is 6.19. The molecule has 2 rings (SSSR count). The molecular formula is C19H19FN2O4. The van der Waals surface area contributed by atoms with Gasteiger partial charge in [0.05, 0.1) is 0 Å². The van der Waals surface area contributed by atoms with Crippen molar-refractivity contribution in [2.75, 3.05) is 20.7 Å². The third kappa shape index (κ3) is 4.12. The van der Waals surface area contributed by atoms with Crippen molar-refractivity contribution in [3.63, 3.8) is 0 Å². The molecule has 7 heteroatoms. The lowest BCUT2D eigenvalue weighted by atomic mass is 10.0. The van der Waals surface area contributed by atoms with Gasteiger partial charge in [0.25, 0.3) is 5.91 Å². The molecule has 136 valence electrons. The Bertz CT molecular complexity index is 787. The van der Waals surface area contributed by atoms with Gasteiger partial charge in [-0.05, 0) is 35.4 Å². The first kappa shape index (κ1) is 19.3. The van der Waals surface area contributed by atoms with Crippen LogP contribution in [0, 0.1) is 5.82 Å². The number of hydrogen-bond acceptors (Lipinski definition) is 4. The highest BCUT2D eigenvalue weighted by Gasteiger charge is 2.32. The van der Waals surface area contributed by atoms with E-state index in [4.69, 9.17) is 5.11 Å². The lowest BCUT2D eigenvalue weighted by molar-refractivity contribution is -0.135. The smallest absolute Gasteiger partial charge is 0.254 e. The molecular weight excluding hydrogens is 339 g/mol. The van der Waals surface area contributed by atoms with Gasteiger partial charge in [-0.15, -0.1) is 0 Å². The van der Waals surface area contributed by atoms with Crippen molar-refractivity contribution in [3.05, 3.63) is 59.9 Å². The Hall–Kier alpha value is -3.06. The van der Waals surface area contributed by atoms with Crippen molar-refractivity contribution in [3.8, 4) is 11.1 Å². The van der Waals surface area contributed by atoms with Crippen LogP contribution in [0.2, 0.25) is 0 Å². The number of rotatable bonds is 6. The van der Waals surface area contributed by atoms with E-state index in [0.29, 0.717) is 0 Å². The predicted octanol–water partition coefficient (Wildman–Crippen LogP) is 1.24. The molecule has 2 N–H and O–H groups in total. The molecule has 1 unspecified atom stereocenters. The molecule has 0 aliphatic rings. The predicted molar refractivity (Wildman–Crippen MR) is 93.9 cm³/mol. The molecule has 0 aromatic heterocycles. The second-order valence-electron chi connectivity index (χ2n) is 5.64. The fourth-order valence-corrected chi connectivity index (χ4v) is 2.53. The summed E-state index contributed by atoms with van der Waals surface area (Å²) >= 11 is 0. The van der Waals surface area contributed by atoms with Crippen LogP contribution in [-0.2, 0) is 9.59 Å². The average Bonchev–Trinajstić information content (AvgIpc) is 2.67. The molecule has 2 amide bonds. The van der Waals surface area contributed by atoms with E-state index in [9.17, 15) is 18.8 Å². The molecule has 6 nitrogen and oxygen atoms in total. The quantitative estimate of drug-likeness (QED) is 0.761. The number of amides is 2. The molecule has 0 spiro atoms. The maximum atomic E-state index is 13.0. The molecule has 2 aromatic rings.